The number of rotatable bonds is 7. The van der Waals surface area contributed by atoms with Crippen molar-refractivity contribution in [3.8, 4) is 11.5 Å². The van der Waals surface area contributed by atoms with Gasteiger partial charge in [0.15, 0.2) is 11.5 Å². The summed E-state index contributed by atoms with van der Waals surface area (Å²) in [5.74, 6) is 2.91. The maximum absolute atomic E-state index is 5.42. The Hall–Kier alpha value is -3.06. The van der Waals surface area contributed by atoms with Gasteiger partial charge in [0.1, 0.15) is 5.82 Å². The van der Waals surface area contributed by atoms with E-state index in [0.717, 1.165) is 33.8 Å². The van der Waals surface area contributed by atoms with E-state index in [1.807, 2.05) is 42.5 Å². The van der Waals surface area contributed by atoms with E-state index in [2.05, 4.69) is 20.6 Å². The molecule has 2 N–H and O–H groups in total. The number of nitrogens with one attached hydrogen (secondary N) is 2. The summed E-state index contributed by atoms with van der Waals surface area (Å²) >= 11 is 0. The number of anilines is 2. The standard InChI is InChI=1S/C19H20N4O3/c1-24-9-8-20-18-14-4-2-3-5-15(14)22-19(23-18)21-11-13-6-7-16-17(10-13)26-12-25-16/h2-7,10H,8-9,11-12H2,1H3,(H2,20,21,22,23). The predicted octanol–water partition coefficient (Wildman–Crippen LogP) is 3.03. The maximum Gasteiger partial charge on any atom is 0.231 e. The highest BCUT2D eigenvalue weighted by Crippen LogP contribution is 2.32. The van der Waals surface area contributed by atoms with Crippen molar-refractivity contribution in [3.05, 3.63) is 48.0 Å². The summed E-state index contributed by atoms with van der Waals surface area (Å²) in [6.45, 7) is 2.15. The first kappa shape index (κ1) is 16.4. The van der Waals surface area contributed by atoms with Gasteiger partial charge in [-0.05, 0) is 29.8 Å². The highest BCUT2D eigenvalue weighted by Gasteiger charge is 2.13. The first-order valence-electron chi connectivity index (χ1n) is 8.45. The molecule has 0 saturated carbocycles. The average Bonchev–Trinajstić information content (AvgIpc) is 3.14. The van der Waals surface area contributed by atoms with Crippen LogP contribution in [0.3, 0.4) is 0 Å². The van der Waals surface area contributed by atoms with Gasteiger partial charge in [-0.1, -0.05) is 18.2 Å². The van der Waals surface area contributed by atoms with Gasteiger partial charge in [0, 0.05) is 25.6 Å². The molecule has 3 aromatic rings. The molecule has 0 amide bonds. The molecule has 0 radical (unpaired) electrons. The Morgan fingerprint density at radius 2 is 1.92 bits per heavy atom. The van der Waals surface area contributed by atoms with Gasteiger partial charge in [-0.15, -0.1) is 0 Å². The van der Waals surface area contributed by atoms with Crippen LogP contribution >= 0.6 is 0 Å². The molecule has 2 aromatic carbocycles. The number of methoxy groups -OCH3 is 1. The highest BCUT2D eigenvalue weighted by molar-refractivity contribution is 5.90. The van der Waals surface area contributed by atoms with Crippen LogP contribution in [0.2, 0.25) is 0 Å². The number of para-hydroxylation sites is 1. The van der Waals surface area contributed by atoms with Crippen LogP contribution < -0.4 is 20.1 Å². The van der Waals surface area contributed by atoms with E-state index in [9.17, 15) is 0 Å². The number of benzene rings is 2. The van der Waals surface area contributed by atoms with Crippen LogP contribution in [-0.4, -0.2) is 37.0 Å². The molecule has 0 spiro atoms. The molecule has 1 aliphatic rings. The molecule has 1 aromatic heterocycles. The second-order valence-electron chi connectivity index (χ2n) is 5.87. The third-order valence-electron chi connectivity index (χ3n) is 4.09. The van der Waals surface area contributed by atoms with Crippen molar-refractivity contribution in [2.24, 2.45) is 0 Å². The minimum absolute atomic E-state index is 0.274. The molecule has 0 bridgehead atoms. The largest absolute Gasteiger partial charge is 0.454 e. The molecule has 7 nitrogen and oxygen atoms in total. The van der Waals surface area contributed by atoms with Crippen molar-refractivity contribution >= 4 is 22.7 Å². The molecule has 0 unspecified atom stereocenters. The normalized spacial score (nSPS) is 12.3. The van der Waals surface area contributed by atoms with Crippen LogP contribution in [0.5, 0.6) is 11.5 Å². The number of nitrogens with zero attached hydrogens (tertiary/aromatic N) is 2. The average molecular weight is 352 g/mol. The summed E-state index contributed by atoms with van der Waals surface area (Å²) < 4.78 is 15.9. The van der Waals surface area contributed by atoms with Gasteiger partial charge >= 0.3 is 0 Å². The lowest BCUT2D eigenvalue weighted by atomic mass is 10.2. The molecule has 0 atom stereocenters. The van der Waals surface area contributed by atoms with Crippen molar-refractivity contribution in [3.63, 3.8) is 0 Å². The van der Waals surface area contributed by atoms with Crippen molar-refractivity contribution in [2.75, 3.05) is 37.7 Å². The Morgan fingerprint density at radius 3 is 2.85 bits per heavy atom. The van der Waals surface area contributed by atoms with Crippen molar-refractivity contribution in [1.82, 2.24) is 9.97 Å². The van der Waals surface area contributed by atoms with Crippen LogP contribution in [0.1, 0.15) is 5.56 Å². The zero-order valence-corrected chi connectivity index (χ0v) is 14.5. The fourth-order valence-electron chi connectivity index (χ4n) is 2.79. The van der Waals surface area contributed by atoms with Crippen molar-refractivity contribution < 1.29 is 14.2 Å². The highest BCUT2D eigenvalue weighted by atomic mass is 16.7. The van der Waals surface area contributed by atoms with E-state index < -0.39 is 0 Å². The smallest absolute Gasteiger partial charge is 0.231 e. The van der Waals surface area contributed by atoms with Gasteiger partial charge in [0.05, 0.1) is 12.1 Å². The van der Waals surface area contributed by atoms with Gasteiger partial charge in [0.2, 0.25) is 12.7 Å². The molecular weight excluding hydrogens is 332 g/mol. The predicted molar refractivity (Wildman–Crippen MR) is 99.8 cm³/mol. The Kier molecular flexibility index (Phi) is 4.70. The third-order valence-corrected chi connectivity index (χ3v) is 4.09. The van der Waals surface area contributed by atoms with E-state index in [1.165, 1.54) is 0 Å². The second kappa shape index (κ2) is 7.45. The number of fused-ring (bicyclic) bond motifs is 2. The van der Waals surface area contributed by atoms with Crippen LogP contribution in [0, 0.1) is 0 Å². The lowest BCUT2D eigenvalue weighted by Gasteiger charge is -2.12. The zero-order valence-electron chi connectivity index (χ0n) is 14.5. The van der Waals surface area contributed by atoms with Gasteiger partial charge in [-0.3, -0.25) is 0 Å². The fourth-order valence-corrected chi connectivity index (χ4v) is 2.79. The Bertz CT molecular complexity index is 916. The Morgan fingerprint density at radius 1 is 1.04 bits per heavy atom. The zero-order chi connectivity index (χ0) is 17.8. The van der Waals surface area contributed by atoms with Crippen molar-refractivity contribution in [1.29, 1.82) is 0 Å². The molecule has 4 rings (SSSR count). The molecule has 1 aliphatic heterocycles. The lowest BCUT2D eigenvalue weighted by molar-refractivity contribution is 0.174. The fraction of sp³-hybridized carbons (Fsp3) is 0.263. The SMILES string of the molecule is COCCNc1nc(NCc2ccc3c(c2)OCO3)nc2ccccc12. The third kappa shape index (κ3) is 3.48. The number of ether oxygens (including phenoxy) is 3. The van der Waals surface area contributed by atoms with Crippen LogP contribution in [0.25, 0.3) is 10.9 Å². The van der Waals surface area contributed by atoms with E-state index in [0.29, 0.717) is 25.6 Å². The molecule has 0 saturated heterocycles. The Balaban J connectivity index is 1.54. The summed E-state index contributed by atoms with van der Waals surface area (Å²) in [4.78, 5) is 9.22. The van der Waals surface area contributed by atoms with E-state index in [1.54, 1.807) is 7.11 Å². The number of hydrogen-bond donors (Lipinski definition) is 2. The molecule has 134 valence electrons. The molecule has 26 heavy (non-hydrogen) atoms. The number of hydrogen-bond acceptors (Lipinski definition) is 7. The van der Waals surface area contributed by atoms with E-state index >= 15 is 0 Å². The van der Waals surface area contributed by atoms with Crippen molar-refractivity contribution in [2.45, 2.75) is 6.54 Å². The summed E-state index contributed by atoms with van der Waals surface area (Å²) in [6, 6.07) is 13.8. The quantitative estimate of drug-likeness (QED) is 0.633. The van der Waals surface area contributed by atoms with E-state index in [-0.39, 0.29) is 6.79 Å². The summed E-state index contributed by atoms with van der Waals surface area (Å²) in [5.41, 5.74) is 1.95. The topological polar surface area (TPSA) is 77.5 Å². The lowest BCUT2D eigenvalue weighted by Crippen LogP contribution is -2.11. The molecule has 7 heteroatoms. The minimum Gasteiger partial charge on any atom is -0.454 e. The summed E-state index contributed by atoms with van der Waals surface area (Å²) in [7, 11) is 1.68. The van der Waals surface area contributed by atoms with Gasteiger partial charge < -0.3 is 24.8 Å². The van der Waals surface area contributed by atoms with E-state index in [4.69, 9.17) is 14.2 Å². The first-order chi connectivity index (χ1) is 12.8. The van der Waals surface area contributed by atoms with Crippen LogP contribution in [0.15, 0.2) is 42.5 Å². The summed E-state index contributed by atoms with van der Waals surface area (Å²) in [6.07, 6.45) is 0. The first-order valence-corrected chi connectivity index (χ1v) is 8.45. The monoisotopic (exact) mass is 352 g/mol. The molecule has 0 fully saturated rings. The van der Waals surface area contributed by atoms with Crippen LogP contribution in [0.4, 0.5) is 11.8 Å². The minimum atomic E-state index is 0.274. The molecular formula is C19H20N4O3. The van der Waals surface area contributed by atoms with Gasteiger partial charge in [0.25, 0.3) is 0 Å². The Labute approximate surface area is 151 Å². The maximum atomic E-state index is 5.42. The molecule has 0 aliphatic carbocycles. The second-order valence-corrected chi connectivity index (χ2v) is 5.87. The summed E-state index contributed by atoms with van der Waals surface area (Å²) in [5, 5.41) is 7.58. The van der Waals surface area contributed by atoms with Gasteiger partial charge in [-0.2, -0.15) is 4.98 Å². The van der Waals surface area contributed by atoms with Gasteiger partial charge in [-0.25, -0.2) is 4.98 Å². The molecule has 2 heterocycles. The number of aromatic nitrogens is 2. The van der Waals surface area contributed by atoms with Crippen LogP contribution in [-0.2, 0) is 11.3 Å².